The van der Waals surface area contributed by atoms with Gasteiger partial charge in [0.2, 0.25) is 0 Å². The lowest BCUT2D eigenvalue weighted by atomic mass is 10.2. The first-order valence-electron chi connectivity index (χ1n) is 4.67. The van der Waals surface area contributed by atoms with Crippen molar-refractivity contribution in [2.24, 2.45) is 5.73 Å². The summed E-state index contributed by atoms with van der Waals surface area (Å²) in [7, 11) is -4.29. The molecule has 0 radical (unpaired) electrons. The molecule has 6 N–H and O–H groups in total. The number of nitrogens with two attached hydrogens (primary N) is 2. The monoisotopic (exact) mass is 245 g/mol. The Balaban J connectivity index is 3.09. The Morgan fingerprint density at radius 3 is 2.62 bits per heavy atom. The van der Waals surface area contributed by atoms with Crippen molar-refractivity contribution < 1.29 is 13.0 Å². The summed E-state index contributed by atoms with van der Waals surface area (Å²) in [6, 6.07) is 4.09. The molecule has 0 saturated heterocycles. The number of hydrogen-bond donors (Lipinski definition) is 4. The van der Waals surface area contributed by atoms with Gasteiger partial charge in [-0.25, -0.2) is 0 Å². The van der Waals surface area contributed by atoms with Gasteiger partial charge < -0.3 is 16.8 Å². The zero-order valence-electron chi connectivity index (χ0n) is 8.84. The molecule has 16 heavy (non-hydrogen) atoms. The van der Waals surface area contributed by atoms with Gasteiger partial charge in [-0.1, -0.05) is 0 Å². The van der Waals surface area contributed by atoms with Crippen molar-refractivity contribution in [3.05, 3.63) is 18.2 Å². The Morgan fingerprint density at radius 1 is 1.50 bits per heavy atom. The lowest BCUT2D eigenvalue weighted by Gasteiger charge is -2.12. The van der Waals surface area contributed by atoms with Crippen molar-refractivity contribution in [1.29, 1.82) is 0 Å². The molecule has 1 aromatic carbocycles. The molecule has 6 nitrogen and oxygen atoms in total. The van der Waals surface area contributed by atoms with E-state index in [-0.39, 0.29) is 22.3 Å². The van der Waals surface area contributed by atoms with E-state index in [4.69, 9.17) is 16.0 Å². The summed E-state index contributed by atoms with van der Waals surface area (Å²) in [4.78, 5) is -0.242. The van der Waals surface area contributed by atoms with Crippen LogP contribution in [0.3, 0.4) is 0 Å². The van der Waals surface area contributed by atoms with Crippen LogP contribution in [0.5, 0.6) is 0 Å². The standard InChI is InChI=1S/C9H15N3O3S/c1-6(10)5-12-8-3-2-7(11)4-9(8)16(13,14)15/h2-4,6,12H,5,10-11H2,1H3,(H,13,14,15). The molecule has 1 unspecified atom stereocenters. The fourth-order valence-corrected chi connectivity index (χ4v) is 1.87. The molecule has 0 aliphatic rings. The maximum absolute atomic E-state index is 11.1. The number of hydrogen-bond acceptors (Lipinski definition) is 5. The minimum atomic E-state index is -4.29. The smallest absolute Gasteiger partial charge is 0.296 e. The van der Waals surface area contributed by atoms with Crippen molar-refractivity contribution in [2.45, 2.75) is 17.9 Å². The van der Waals surface area contributed by atoms with Crippen LogP contribution >= 0.6 is 0 Å². The molecule has 0 amide bonds. The largest absolute Gasteiger partial charge is 0.399 e. The molecule has 90 valence electrons. The first-order chi connectivity index (χ1) is 7.30. The summed E-state index contributed by atoms with van der Waals surface area (Å²) in [6.45, 7) is 2.17. The molecule has 0 aliphatic heterocycles. The van der Waals surface area contributed by atoms with Crippen LogP contribution in [0.15, 0.2) is 23.1 Å². The maximum atomic E-state index is 11.1. The highest BCUT2D eigenvalue weighted by molar-refractivity contribution is 7.86. The highest BCUT2D eigenvalue weighted by Crippen LogP contribution is 2.23. The quantitative estimate of drug-likeness (QED) is 0.447. The van der Waals surface area contributed by atoms with Crippen LogP contribution in [0.4, 0.5) is 11.4 Å². The molecular weight excluding hydrogens is 230 g/mol. The third-order valence-corrected chi connectivity index (χ3v) is 2.79. The van der Waals surface area contributed by atoms with E-state index in [1.165, 1.54) is 18.2 Å². The van der Waals surface area contributed by atoms with Gasteiger partial charge in [-0.2, -0.15) is 8.42 Å². The van der Waals surface area contributed by atoms with Crippen molar-refractivity contribution in [2.75, 3.05) is 17.6 Å². The van der Waals surface area contributed by atoms with Crippen LogP contribution in [0, 0.1) is 0 Å². The van der Waals surface area contributed by atoms with Crippen molar-refractivity contribution in [3.8, 4) is 0 Å². The van der Waals surface area contributed by atoms with Crippen LogP contribution in [0.2, 0.25) is 0 Å². The third-order valence-electron chi connectivity index (χ3n) is 1.90. The topological polar surface area (TPSA) is 118 Å². The van der Waals surface area contributed by atoms with Crippen molar-refractivity contribution >= 4 is 21.5 Å². The molecule has 1 rings (SSSR count). The van der Waals surface area contributed by atoms with Crippen molar-refractivity contribution in [3.63, 3.8) is 0 Å². The van der Waals surface area contributed by atoms with E-state index < -0.39 is 10.1 Å². The number of nitrogens with one attached hydrogen (secondary N) is 1. The number of rotatable bonds is 4. The van der Waals surface area contributed by atoms with E-state index in [2.05, 4.69) is 5.32 Å². The fourth-order valence-electron chi connectivity index (χ4n) is 1.17. The SMILES string of the molecule is CC(N)CNc1ccc(N)cc1S(=O)(=O)O. The molecule has 1 aromatic rings. The van der Waals surface area contributed by atoms with E-state index in [1.54, 1.807) is 6.92 Å². The van der Waals surface area contributed by atoms with Crippen LogP contribution in [0.25, 0.3) is 0 Å². The Hall–Kier alpha value is -1.31. The summed E-state index contributed by atoms with van der Waals surface area (Å²) in [5.74, 6) is 0. The van der Waals surface area contributed by atoms with Crippen LogP contribution < -0.4 is 16.8 Å². The van der Waals surface area contributed by atoms with Gasteiger partial charge in [0.1, 0.15) is 4.90 Å². The summed E-state index contributed by atoms with van der Waals surface area (Å²) in [5.41, 5.74) is 11.5. The van der Waals surface area contributed by atoms with E-state index in [0.29, 0.717) is 6.54 Å². The highest BCUT2D eigenvalue weighted by Gasteiger charge is 2.15. The molecule has 0 saturated carbocycles. The zero-order valence-corrected chi connectivity index (χ0v) is 9.66. The average molecular weight is 245 g/mol. The van der Waals surface area contributed by atoms with Gasteiger partial charge in [0, 0.05) is 18.3 Å². The van der Waals surface area contributed by atoms with Crippen LogP contribution in [-0.4, -0.2) is 25.6 Å². The Kier molecular flexibility index (Phi) is 3.74. The molecule has 0 heterocycles. The Morgan fingerprint density at radius 2 is 2.12 bits per heavy atom. The number of nitrogen functional groups attached to an aromatic ring is 1. The third kappa shape index (κ3) is 3.37. The van der Waals surface area contributed by atoms with Gasteiger partial charge in [0.25, 0.3) is 10.1 Å². The lowest BCUT2D eigenvalue weighted by molar-refractivity contribution is 0.483. The molecule has 0 fully saturated rings. The Labute approximate surface area is 94.4 Å². The van der Waals surface area contributed by atoms with Crippen LogP contribution in [-0.2, 0) is 10.1 Å². The van der Waals surface area contributed by atoms with E-state index in [9.17, 15) is 8.42 Å². The highest BCUT2D eigenvalue weighted by atomic mass is 32.2. The summed E-state index contributed by atoms with van der Waals surface area (Å²) < 4.78 is 31.2. The van der Waals surface area contributed by atoms with Crippen molar-refractivity contribution in [1.82, 2.24) is 0 Å². The van der Waals surface area contributed by atoms with Gasteiger partial charge in [-0.15, -0.1) is 0 Å². The zero-order chi connectivity index (χ0) is 12.3. The first-order valence-corrected chi connectivity index (χ1v) is 6.11. The van der Waals surface area contributed by atoms with E-state index >= 15 is 0 Å². The minimum Gasteiger partial charge on any atom is -0.399 e. The van der Waals surface area contributed by atoms with Gasteiger partial charge in [-0.3, -0.25) is 4.55 Å². The lowest BCUT2D eigenvalue weighted by Crippen LogP contribution is -2.25. The predicted molar refractivity (Wildman–Crippen MR) is 62.8 cm³/mol. The number of benzene rings is 1. The summed E-state index contributed by atoms with van der Waals surface area (Å²) in [5, 5.41) is 2.83. The predicted octanol–water partition coefficient (Wildman–Crippen LogP) is 0.275. The average Bonchev–Trinajstić information content (AvgIpc) is 2.14. The molecule has 0 aliphatic carbocycles. The molecule has 0 bridgehead atoms. The second-order valence-corrected chi connectivity index (χ2v) is 4.98. The Bertz CT molecular complexity index is 471. The minimum absolute atomic E-state index is 0.133. The molecule has 0 spiro atoms. The molecule has 1 atom stereocenters. The second kappa shape index (κ2) is 4.69. The maximum Gasteiger partial charge on any atom is 0.296 e. The summed E-state index contributed by atoms with van der Waals surface area (Å²) >= 11 is 0. The van der Waals surface area contributed by atoms with Crippen LogP contribution in [0.1, 0.15) is 6.92 Å². The number of anilines is 2. The molecule has 0 aromatic heterocycles. The summed E-state index contributed by atoms with van der Waals surface area (Å²) in [6.07, 6.45) is 0. The molecular formula is C9H15N3O3S. The van der Waals surface area contributed by atoms with Gasteiger partial charge in [0.05, 0.1) is 5.69 Å². The second-order valence-electron chi connectivity index (χ2n) is 3.59. The van der Waals surface area contributed by atoms with Gasteiger partial charge >= 0.3 is 0 Å². The van der Waals surface area contributed by atoms with Gasteiger partial charge in [0.15, 0.2) is 0 Å². The normalized spacial score (nSPS) is 13.4. The molecule has 7 heteroatoms. The van der Waals surface area contributed by atoms with E-state index in [0.717, 1.165) is 0 Å². The first kappa shape index (κ1) is 12.8. The fraction of sp³-hybridized carbons (Fsp3) is 0.333. The van der Waals surface area contributed by atoms with E-state index in [1.807, 2.05) is 0 Å². The van der Waals surface area contributed by atoms with Gasteiger partial charge in [-0.05, 0) is 25.1 Å².